The Morgan fingerprint density at radius 3 is 2.56 bits per heavy atom. The lowest BCUT2D eigenvalue weighted by molar-refractivity contribution is 0.335. The number of halogens is 1. The Morgan fingerprint density at radius 2 is 2.12 bits per heavy atom. The van der Waals surface area contributed by atoms with E-state index in [1.54, 1.807) is 0 Å². The van der Waals surface area contributed by atoms with Crippen molar-refractivity contribution in [3.63, 3.8) is 0 Å². The molecule has 1 aromatic rings. The molecule has 16 heavy (non-hydrogen) atoms. The van der Waals surface area contributed by atoms with Gasteiger partial charge < -0.3 is 5.32 Å². The summed E-state index contributed by atoms with van der Waals surface area (Å²) < 4.78 is 1.20. The van der Waals surface area contributed by atoms with Crippen molar-refractivity contribution >= 4 is 27.3 Å². The normalized spacial score (nSPS) is 14.1. The molecule has 1 heterocycles. The lowest BCUT2D eigenvalue weighted by Gasteiger charge is -2.23. The second-order valence-corrected chi connectivity index (χ2v) is 7.24. The number of hydrogen-bond acceptors (Lipinski definition) is 2. The van der Waals surface area contributed by atoms with Gasteiger partial charge in [-0.05, 0) is 46.8 Å². The van der Waals surface area contributed by atoms with Gasteiger partial charge >= 0.3 is 0 Å². The molecular weight excluding hydrogens is 282 g/mol. The Hall–Kier alpha value is 0.140. The highest BCUT2D eigenvalue weighted by Crippen LogP contribution is 2.31. The molecule has 1 rings (SSSR count). The van der Waals surface area contributed by atoms with Crippen LogP contribution in [0.5, 0.6) is 0 Å². The second-order valence-electron chi connectivity index (χ2n) is 5.38. The van der Waals surface area contributed by atoms with Crippen LogP contribution in [0.2, 0.25) is 0 Å². The average Bonchev–Trinajstić information content (AvgIpc) is 2.57. The van der Waals surface area contributed by atoms with Crippen molar-refractivity contribution in [3.05, 3.63) is 20.8 Å². The summed E-state index contributed by atoms with van der Waals surface area (Å²) in [5.41, 5.74) is 0.419. The van der Waals surface area contributed by atoms with Gasteiger partial charge in [-0.1, -0.05) is 27.7 Å². The van der Waals surface area contributed by atoms with Crippen LogP contribution in [-0.2, 0) is 0 Å². The lowest BCUT2D eigenvalue weighted by Crippen LogP contribution is -2.21. The molecule has 0 bridgehead atoms. The fraction of sp³-hybridized carbons (Fsp3) is 0.692. The van der Waals surface area contributed by atoms with Gasteiger partial charge in [0.25, 0.3) is 0 Å². The summed E-state index contributed by atoms with van der Waals surface area (Å²) in [6, 6.07) is 2.75. The number of hydrogen-bond donors (Lipinski definition) is 1. The standard InChI is InChI=1S/C13H22BrNS/c1-5-15-11(6-7-13(2,3)4)12-8-10(14)9-16-12/h8-9,11,15H,5-7H2,1-4H3. The van der Waals surface area contributed by atoms with Crippen LogP contribution in [0, 0.1) is 5.41 Å². The maximum atomic E-state index is 3.57. The number of thiophene rings is 1. The highest BCUT2D eigenvalue weighted by atomic mass is 79.9. The van der Waals surface area contributed by atoms with Crippen LogP contribution in [0.15, 0.2) is 15.9 Å². The van der Waals surface area contributed by atoms with Gasteiger partial charge in [0.2, 0.25) is 0 Å². The minimum absolute atomic E-state index is 0.419. The molecule has 0 radical (unpaired) electrons. The van der Waals surface area contributed by atoms with Crippen molar-refractivity contribution in [2.75, 3.05) is 6.54 Å². The van der Waals surface area contributed by atoms with Crippen LogP contribution >= 0.6 is 27.3 Å². The zero-order valence-corrected chi connectivity index (χ0v) is 13.0. The first-order valence-electron chi connectivity index (χ1n) is 5.89. The summed E-state index contributed by atoms with van der Waals surface area (Å²) in [7, 11) is 0. The summed E-state index contributed by atoms with van der Waals surface area (Å²) in [6.07, 6.45) is 2.46. The van der Waals surface area contributed by atoms with E-state index in [1.165, 1.54) is 22.2 Å². The maximum Gasteiger partial charge on any atom is 0.0415 e. The molecule has 1 aromatic heterocycles. The predicted molar refractivity (Wildman–Crippen MR) is 77.1 cm³/mol. The molecule has 0 saturated carbocycles. The third-order valence-corrected chi connectivity index (χ3v) is 4.37. The smallest absolute Gasteiger partial charge is 0.0415 e. The lowest BCUT2D eigenvalue weighted by atomic mass is 9.88. The van der Waals surface area contributed by atoms with E-state index in [0.717, 1.165) is 6.54 Å². The molecule has 0 aliphatic heterocycles. The van der Waals surface area contributed by atoms with Crippen LogP contribution in [0.3, 0.4) is 0 Å². The maximum absolute atomic E-state index is 3.57. The van der Waals surface area contributed by atoms with Gasteiger partial charge in [0.05, 0.1) is 0 Å². The molecule has 0 aliphatic rings. The first-order chi connectivity index (χ1) is 7.42. The van der Waals surface area contributed by atoms with Crippen LogP contribution in [-0.4, -0.2) is 6.54 Å². The summed E-state index contributed by atoms with van der Waals surface area (Å²) >= 11 is 5.36. The van der Waals surface area contributed by atoms with E-state index in [1.807, 2.05) is 11.3 Å². The average molecular weight is 304 g/mol. The quantitative estimate of drug-likeness (QED) is 0.808. The van der Waals surface area contributed by atoms with E-state index in [4.69, 9.17) is 0 Å². The van der Waals surface area contributed by atoms with E-state index < -0.39 is 0 Å². The van der Waals surface area contributed by atoms with Crippen molar-refractivity contribution in [1.29, 1.82) is 0 Å². The number of rotatable bonds is 5. The summed E-state index contributed by atoms with van der Waals surface area (Å²) in [6.45, 7) is 10.1. The molecule has 1 unspecified atom stereocenters. The predicted octanol–water partition coefficient (Wildman–Crippen LogP) is 4.99. The van der Waals surface area contributed by atoms with Gasteiger partial charge in [-0.3, -0.25) is 0 Å². The van der Waals surface area contributed by atoms with Crippen LogP contribution < -0.4 is 5.32 Å². The molecule has 0 amide bonds. The van der Waals surface area contributed by atoms with Crippen LogP contribution in [0.1, 0.15) is 51.5 Å². The fourth-order valence-corrected chi connectivity index (χ4v) is 3.24. The first kappa shape index (κ1) is 14.2. The first-order valence-corrected chi connectivity index (χ1v) is 7.57. The van der Waals surface area contributed by atoms with Crippen molar-refractivity contribution in [3.8, 4) is 0 Å². The zero-order valence-electron chi connectivity index (χ0n) is 10.6. The molecule has 0 saturated heterocycles. The van der Waals surface area contributed by atoms with E-state index in [9.17, 15) is 0 Å². The molecule has 1 N–H and O–H groups in total. The third kappa shape index (κ3) is 4.98. The molecule has 0 aromatic carbocycles. The highest BCUT2D eigenvalue weighted by Gasteiger charge is 2.17. The summed E-state index contributed by atoms with van der Waals surface area (Å²) in [5.74, 6) is 0. The highest BCUT2D eigenvalue weighted by molar-refractivity contribution is 9.10. The van der Waals surface area contributed by atoms with Crippen LogP contribution in [0.25, 0.3) is 0 Å². The van der Waals surface area contributed by atoms with E-state index in [-0.39, 0.29) is 0 Å². The molecule has 0 aliphatic carbocycles. The Kier molecular flexibility index (Phi) is 5.48. The zero-order chi connectivity index (χ0) is 12.2. The van der Waals surface area contributed by atoms with Crippen molar-refractivity contribution in [2.24, 2.45) is 5.41 Å². The van der Waals surface area contributed by atoms with Crippen molar-refractivity contribution in [2.45, 2.75) is 46.6 Å². The topological polar surface area (TPSA) is 12.0 Å². The van der Waals surface area contributed by atoms with Crippen molar-refractivity contribution in [1.82, 2.24) is 5.32 Å². The van der Waals surface area contributed by atoms with Crippen LogP contribution in [0.4, 0.5) is 0 Å². The largest absolute Gasteiger partial charge is 0.310 e. The van der Waals surface area contributed by atoms with Gasteiger partial charge in [0.1, 0.15) is 0 Å². The van der Waals surface area contributed by atoms with Gasteiger partial charge in [-0.2, -0.15) is 0 Å². The second kappa shape index (κ2) is 6.18. The molecule has 0 spiro atoms. The van der Waals surface area contributed by atoms with Gasteiger partial charge in [0.15, 0.2) is 0 Å². The Balaban J connectivity index is 2.61. The van der Waals surface area contributed by atoms with Gasteiger partial charge in [0, 0.05) is 20.8 Å². The van der Waals surface area contributed by atoms with Crippen molar-refractivity contribution < 1.29 is 0 Å². The Morgan fingerprint density at radius 1 is 1.44 bits per heavy atom. The molecule has 92 valence electrons. The molecule has 1 nitrogen and oxygen atoms in total. The van der Waals surface area contributed by atoms with Gasteiger partial charge in [-0.15, -0.1) is 11.3 Å². The fourth-order valence-electron chi connectivity index (χ4n) is 1.68. The molecule has 0 fully saturated rings. The Labute approximate surface area is 112 Å². The molecule has 1 atom stereocenters. The van der Waals surface area contributed by atoms with E-state index in [0.29, 0.717) is 11.5 Å². The molecular formula is C13H22BrNS. The molecule has 3 heteroatoms. The van der Waals surface area contributed by atoms with E-state index in [2.05, 4.69) is 60.4 Å². The SMILES string of the molecule is CCNC(CCC(C)(C)C)c1cc(Br)cs1. The minimum atomic E-state index is 0.419. The minimum Gasteiger partial charge on any atom is -0.310 e. The number of nitrogens with one attached hydrogen (secondary N) is 1. The monoisotopic (exact) mass is 303 g/mol. The van der Waals surface area contributed by atoms with E-state index >= 15 is 0 Å². The Bertz CT molecular complexity index is 314. The van der Waals surface area contributed by atoms with Gasteiger partial charge in [-0.25, -0.2) is 0 Å². The summed E-state index contributed by atoms with van der Waals surface area (Å²) in [5, 5.41) is 5.74. The summed E-state index contributed by atoms with van der Waals surface area (Å²) in [4.78, 5) is 1.44. The third-order valence-electron chi connectivity index (χ3n) is 2.56.